The van der Waals surface area contributed by atoms with Gasteiger partial charge in [0.25, 0.3) is 0 Å². The molecular weight excluding hydrogens is 204 g/mol. The molecule has 1 atom stereocenters. The second-order valence-electron chi connectivity index (χ2n) is 4.20. The third-order valence-corrected chi connectivity index (χ3v) is 2.47. The largest absolute Gasteiger partial charge is 0.355 e. The van der Waals surface area contributed by atoms with E-state index in [1.807, 2.05) is 13.8 Å². The van der Waals surface area contributed by atoms with E-state index in [-0.39, 0.29) is 11.8 Å². The number of nitrogens with zero attached hydrogens (tertiary/aromatic N) is 1. The first-order chi connectivity index (χ1) is 7.61. The van der Waals surface area contributed by atoms with Crippen LogP contribution in [0.2, 0.25) is 0 Å². The summed E-state index contributed by atoms with van der Waals surface area (Å²) in [5.41, 5.74) is 5.71. The summed E-state index contributed by atoms with van der Waals surface area (Å²) in [6, 6.07) is -0.413. The zero-order valence-electron chi connectivity index (χ0n) is 9.86. The lowest BCUT2D eigenvalue weighted by molar-refractivity contribution is -0.123. The maximum Gasteiger partial charge on any atom is 0.237 e. The van der Waals surface area contributed by atoms with Crippen molar-refractivity contribution in [3.8, 4) is 0 Å². The van der Waals surface area contributed by atoms with E-state index in [0.29, 0.717) is 6.54 Å². The van der Waals surface area contributed by atoms with Crippen LogP contribution in [-0.4, -0.2) is 28.5 Å². The van der Waals surface area contributed by atoms with Crippen molar-refractivity contribution in [3.63, 3.8) is 0 Å². The van der Waals surface area contributed by atoms with E-state index in [1.165, 1.54) is 0 Å². The van der Waals surface area contributed by atoms with Gasteiger partial charge in [-0.25, -0.2) is 4.98 Å². The molecule has 4 N–H and O–H groups in total. The fourth-order valence-corrected chi connectivity index (χ4v) is 1.32. The summed E-state index contributed by atoms with van der Waals surface area (Å²) in [7, 11) is 0. The van der Waals surface area contributed by atoms with Crippen LogP contribution in [0.25, 0.3) is 0 Å². The van der Waals surface area contributed by atoms with Gasteiger partial charge in [0.1, 0.15) is 5.82 Å². The van der Waals surface area contributed by atoms with Gasteiger partial charge in [0.15, 0.2) is 0 Å². The summed E-state index contributed by atoms with van der Waals surface area (Å²) >= 11 is 0. The Morgan fingerprint density at radius 2 is 2.38 bits per heavy atom. The molecule has 0 aliphatic heterocycles. The summed E-state index contributed by atoms with van der Waals surface area (Å²) in [4.78, 5) is 18.6. The quantitative estimate of drug-likeness (QED) is 0.613. The number of rotatable bonds is 6. The van der Waals surface area contributed by atoms with Gasteiger partial charge >= 0.3 is 0 Å². The minimum Gasteiger partial charge on any atom is -0.355 e. The molecule has 0 saturated heterocycles. The summed E-state index contributed by atoms with van der Waals surface area (Å²) in [5.74, 6) is 1.04. The predicted molar refractivity (Wildman–Crippen MR) is 62.7 cm³/mol. The number of aryl methyl sites for hydroxylation is 1. The third-order valence-electron chi connectivity index (χ3n) is 2.47. The maximum absolute atomic E-state index is 11.5. The van der Waals surface area contributed by atoms with Gasteiger partial charge < -0.3 is 16.0 Å². The average molecular weight is 224 g/mol. The minimum absolute atomic E-state index is 0.0746. The molecule has 0 aromatic carbocycles. The van der Waals surface area contributed by atoms with E-state index in [2.05, 4.69) is 15.3 Å². The first kappa shape index (κ1) is 12.7. The Bertz CT molecular complexity index is 308. The number of nitrogens with one attached hydrogen (secondary N) is 2. The standard InChI is InChI=1S/C11H20N4O/c1-8(2)10(12)11(16)15-5-3-4-9-13-6-7-14-9/h6-8,10H,3-5,12H2,1-2H3,(H,13,14)(H,15,16). The monoisotopic (exact) mass is 224 g/mol. The van der Waals surface area contributed by atoms with E-state index < -0.39 is 6.04 Å². The Morgan fingerprint density at radius 3 is 2.94 bits per heavy atom. The highest BCUT2D eigenvalue weighted by molar-refractivity contribution is 5.81. The summed E-state index contributed by atoms with van der Waals surface area (Å²) in [6.07, 6.45) is 5.22. The van der Waals surface area contributed by atoms with Crippen LogP contribution in [0.4, 0.5) is 0 Å². The van der Waals surface area contributed by atoms with E-state index in [4.69, 9.17) is 5.73 Å². The first-order valence-corrected chi connectivity index (χ1v) is 5.63. The van der Waals surface area contributed by atoms with Crippen LogP contribution >= 0.6 is 0 Å². The SMILES string of the molecule is CC(C)C(N)C(=O)NCCCc1ncc[nH]1. The predicted octanol–water partition coefficient (Wildman–Crippen LogP) is 0.442. The molecule has 1 unspecified atom stereocenters. The number of aromatic nitrogens is 2. The lowest BCUT2D eigenvalue weighted by Crippen LogP contribution is -2.44. The van der Waals surface area contributed by atoms with Crippen molar-refractivity contribution in [2.45, 2.75) is 32.7 Å². The van der Waals surface area contributed by atoms with Crippen molar-refractivity contribution < 1.29 is 4.79 Å². The van der Waals surface area contributed by atoms with Crippen LogP contribution in [0.3, 0.4) is 0 Å². The van der Waals surface area contributed by atoms with E-state index in [9.17, 15) is 4.79 Å². The van der Waals surface area contributed by atoms with Gasteiger partial charge in [-0.15, -0.1) is 0 Å². The molecule has 1 aromatic heterocycles. The van der Waals surface area contributed by atoms with Gasteiger partial charge in [-0.1, -0.05) is 13.8 Å². The number of hydrogen-bond donors (Lipinski definition) is 3. The fourth-order valence-electron chi connectivity index (χ4n) is 1.32. The Morgan fingerprint density at radius 1 is 1.62 bits per heavy atom. The number of amides is 1. The van der Waals surface area contributed by atoms with Crippen molar-refractivity contribution in [3.05, 3.63) is 18.2 Å². The highest BCUT2D eigenvalue weighted by atomic mass is 16.2. The second kappa shape index (κ2) is 6.27. The molecule has 1 heterocycles. The van der Waals surface area contributed by atoms with Crippen molar-refractivity contribution in [2.24, 2.45) is 11.7 Å². The molecule has 1 aromatic rings. The van der Waals surface area contributed by atoms with E-state index in [1.54, 1.807) is 12.4 Å². The summed E-state index contributed by atoms with van der Waals surface area (Å²) < 4.78 is 0. The number of aromatic amines is 1. The van der Waals surface area contributed by atoms with Crippen LogP contribution in [-0.2, 0) is 11.2 Å². The Balaban J connectivity index is 2.13. The molecule has 0 spiro atoms. The van der Waals surface area contributed by atoms with Gasteiger partial charge in [-0.2, -0.15) is 0 Å². The average Bonchev–Trinajstić information content (AvgIpc) is 2.75. The van der Waals surface area contributed by atoms with Gasteiger partial charge in [-0.3, -0.25) is 4.79 Å². The molecule has 0 saturated carbocycles. The smallest absolute Gasteiger partial charge is 0.237 e. The normalized spacial score (nSPS) is 12.8. The number of hydrogen-bond acceptors (Lipinski definition) is 3. The van der Waals surface area contributed by atoms with Gasteiger partial charge in [0.05, 0.1) is 6.04 Å². The Hall–Kier alpha value is -1.36. The highest BCUT2D eigenvalue weighted by Gasteiger charge is 2.15. The maximum atomic E-state index is 11.5. The number of H-pyrrole nitrogens is 1. The molecule has 16 heavy (non-hydrogen) atoms. The number of imidazole rings is 1. The number of carbonyl (C=O) groups is 1. The molecule has 5 nitrogen and oxygen atoms in total. The molecule has 0 aliphatic rings. The fraction of sp³-hybridized carbons (Fsp3) is 0.636. The van der Waals surface area contributed by atoms with Crippen molar-refractivity contribution in [1.29, 1.82) is 0 Å². The Labute approximate surface area is 95.8 Å². The first-order valence-electron chi connectivity index (χ1n) is 5.63. The molecule has 90 valence electrons. The van der Waals surface area contributed by atoms with E-state index >= 15 is 0 Å². The molecule has 0 aliphatic carbocycles. The summed E-state index contributed by atoms with van der Waals surface area (Å²) in [6.45, 7) is 4.51. The van der Waals surface area contributed by atoms with Crippen LogP contribution < -0.4 is 11.1 Å². The van der Waals surface area contributed by atoms with Gasteiger partial charge in [0.2, 0.25) is 5.91 Å². The molecule has 0 bridgehead atoms. The molecule has 0 radical (unpaired) electrons. The molecule has 1 rings (SSSR count). The Kier molecular flexibility index (Phi) is 4.98. The van der Waals surface area contributed by atoms with Crippen LogP contribution in [0.1, 0.15) is 26.1 Å². The van der Waals surface area contributed by atoms with E-state index in [0.717, 1.165) is 18.7 Å². The van der Waals surface area contributed by atoms with Crippen molar-refractivity contribution >= 4 is 5.91 Å². The van der Waals surface area contributed by atoms with Gasteiger partial charge in [0, 0.05) is 25.4 Å². The van der Waals surface area contributed by atoms with Crippen LogP contribution in [0.5, 0.6) is 0 Å². The lowest BCUT2D eigenvalue weighted by Gasteiger charge is -2.14. The summed E-state index contributed by atoms with van der Waals surface area (Å²) in [5, 5.41) is 2.82. The third kappa shape index (κ3) is 4.02. The highest BCUT2D eigenvalue weighted by Crippen LogP contribution is 1.98. The van der Waals surface area contributed by atoms with Crippen LogP contribution in [0.15, 0.2) is 12.4 Å². The van der Waals surface area contributed by atoms with Crippen LogP contribution in [0, 0.1) is 5.92 Å². The molecule has 1 amide bonds. The number of carbonyl (C=O) groups excluding carboxylic acids is 1. The van der Waals surface area contributed by atoms with Gasteiger partial charge in [-0.05, 0) is 12.3 Å². The van der Waals surface area contributed by atoms with Crippen molar-refractivity contribution in [2.75, 3.05) is 6.54 Å². The second-order valence-corrected chi connectivity index (χ2v) is 4.20. The lowest BCUT2D eigenvalue weighted by atomic mass is 10.1. The minimum atomic E-state index is -0.413. The molecular formula is C11H20N4O. The number of nitrogens with two attached hydrogens (primary N) is 1. The molecule has 0 fully saturated rings. The zero-order chi connectivity index (χ0) is 12.0. The molecule has 5 heteroatoms. The van der Waals surface area contributed by atoms with Crippen molar-refractivity contribution in [1.82, 2.24) is 15.3 Å². The topological polar surface area (TPSA) is 83.8 Å². The zero-order valence-corrected chi connectivity index (χ0v) is 9.86.